The van der Waals surface area contributed by atoms with E-state index >= 15 is 0 Å². The lowest BCUT2D eigenvalue weighted by molar-refractivity contribution is 0.509. The van der Waals surface area contributed by atoms with Gasteiger partial charge in [0.25, 0.3) is 0 Å². The lowest BCUT2D eigenvalue weighted by atomic mass is 10.0. The Labute approximate surface area is 89.8 Å². The summed E-state index contributed by atoms with van der Waals surface area (Å²) in [5, 5.41) is 0. The molecule has 2 N–H and O–H groups in total. The van der Waals surface area contributed by atoms with Gasteiger partial charge in [0, 0.05) is 0 Å². The van der Waals surface area contributed by atoms with E-state index in [1.54, 1.807) is 0 Å². The van der Waals surface area contributed by atoms with Gasteiger partial charge in [-0.1, -0.05) is 60.3 Å². The minimum Gasteiger partial charge on any atom is -0.330 e. The van der Waals surface area contributed by atoms with Crippen LogP contribution in [0, 0.1) is 11.8 Å². The van der Waals surface area contributed by atoms with Crippen molar-refractivity contribution in [2.75, 3.05) is 6.54 Å². The smallest absolute Gasteiger partial charge is 0.00516 e. The predicted molar refractivity (Wildman–Crippen MR) is 65.4 cm³/mol. The predicted octanol–water partition coefficient (Wildman–Crippen LogP) is 3.98. The van der Waals surface area contributed by atoms with Gasteiger partial charge < -0.3 is 5.73 Å². The fourth-order valence-corrected chi connectivity index (χ4v) is 0.864. The van der Waals surface area contributed by atoms with Crippen molar-refractivity contribution < 1.29 is 4.70 Å². The van der Waals surface area contributed by atoms with E-state index < -0.39 is 0 Å². The fourth-order valence-electron chi connectivity index (χ4n) is 0.864. The topological polar surface area (TPSA) is 26.0 Å². The van der Waals surface area contributed by atoms with Crippen LogP contribution in [0.25, 0.3) is 0 Å². The Morgan fingerprint density at radius 2 is 1.36 bits per heavy atom. The summed E-state index contributed by atoms with van der Waals surface area (Å²) in [6, 6.07) is 0. The molecule has 90 valence electrons. The van der Waals surface area contributed by atoms with Crippen LogP contribution in [0.2, 0.25) is 0 Å². The van der Waals surface area contributed by atoms with Crippen molar-refractivity contribution in [3.05, 3.63) is 0 Å². The van der Waals surface area contributed by atoms with Crippen molar-refractivity contribution in [1.82, 2.24) is 0 Å². The fraction of sp³-hybridized carbons (Fsp3) is 1.00. The molecule has 0 radical (unpaired) electrons. The molecule has 2 atom stereocenters. The molecule has 0 amide bonds. The van der Waals surface area contributed by atoms with Crippen LogP contribution < -0.4 is 5.73 Å². The molecule has 1 nitrogen and oxygen atoms in total. The summed E-state index contributed by atoms with van der Waals surface area (Å²) in [6.07, 6.45) is 5.29. The summed E-state index contributed by atoms with van der Waals surface area (Å²) in [7, 11) is 0. The van der Waals surface area contributed by atoms with E-state index in [1.165, 1.54) is 25.7 Å². The second-order valence-electron chi connectivity index (χ2n) is 4.05. The third kappa shape index (κ3) is 17.8. The molecule has 0 aliphatic rings. The number of nitrogens with two attached hydrogens (primary N) is 1. The van der Waals surface area contributed by atoms with Crippen LogP contribution in [-0.4, -0.2) is 6.54 Å². The summed E-state index contributed by atoms with van der Waals surface area (Å²) < 4.78 is 0. The molecule has 0 aliphatic carbocycles. The van der Waals surface area contributed by atoms with Crippen molar-refractivity contribution >= 4 is 0 Å². The first-order chi connectivity index (χ1) is 6.12. The molecule has 0 heterocycles. The molecule has 0 fully saturated rings. The summed E-state index contributed by atoms with van der Waals surface area (Å²) in [5.74, 6) is 1.66. The van der Waals surface area contributed by atoms with Crippen molar-refractivity contribution in [2.24, 2.45) is 17.6 Å². The largest absolute Gasteiger partial charge is 0.330 e. The van der Waals surface area contributed by atoms with Gasteiger partial charge in [0.15, 0.2) is 0 Å². The molecule has 0 spiro atoms. The Bertz CT molecular complexity index is 82.4. The van der Waals surface area contributed by atoms with Gasteiger partial charge in [-0.25, -0.2) is 0 Å². The van der Waals surface area contributed by atoms with Gasteiger partial charge in [0.2, 0.25) is 0 Å². The molecular weight excluding hydrogens is 177 g/mol. The van der Waals surface area contributed by atoms with Crippen LogP contribution in [-0.2, 0) is 0 Å². The highest BCUT2D eigenvalue weighted by atomic mass is 19.0. The summed E-state index contributed by atoms with van der Waals surface area (Å²) in [6.45, 7) is 11.9. The maximum Gasteiger partial charge on any atom is -0.00516 e. The van der Waals surface area contributed by atoms with Crippen LogP contribution in [0.15, 0.2) is 0 Å². The summed E-state index contributed by atoms with van der Waals surface area (Å²) >= 11 is 0. The van der Waals surface area contributed by atoms with Crippen LogP contribution in [0.4, 0.5) is 4.70 Å². The summed E-state index contributed by atoms with van der Waals surface area (Å²) in [5.41, 5.74) is 5.28. The van der Waals surface area contributed by atoms with Crippen LogP contribution >= 0.6 is 0 Å². The van der Waals surface area contributed by atoms with Crippen molar-refractivity contribution in [3.8, 4) is 0 Å². The highest BCUT2D eigenvalue weighted by Crippen LogP contribution is 2.07. The standard InChI is InChI=1S/C7H16.C5H13N.FH/c1-4-6-7(3)5-2;1-3-5(2)4-6;/h7H,4-6H2,1-3H3;5H,3-4,6H2,1-2H3;1H/t;5-;/m.1./s1. The SMILES string of the molecule is CCCC(C)CC.CC[C@@H](C)CN.F. The number of hydrogen-bond acceptors (Lipinski definition) is 1. The number of rotatable bonds is 5. The molecule has 14 heavy (non-hydrogen) atoms. The van der Waals surface area contributed by atoms with E-state index in [1.807, 2.05) is 0 Å². The molecule has 2 heteroatoms. The molecule has 0 aromatic heterocycles. The number of hydrogen-bond donors (Lipinski definition) is 1. The van der Waals surface area contributed by atoms with Gasteiger partial charge in [-0.15, -0.1) is 0 Å². The lowest BCUT2D eigenvalue weighted by Gasteiger charge is -2.02. The molecule has 0 aliphatic heterocycles. The third-order valence-corrected chi connectivity index (χ3v) is 2.58. The van der Waals surface area contributed by atoms with Gasteiger partial charge in [0.05, 0.1) is 0 Å². The quantitative estimate of drug-likeness (QED) is 0.725. The van der Waals surface area contributed by atoms with Crippen LogP contribution in [0.5, 0.6) is 0 Å². The first-order valence-electron chi connectivity index (χ1n) is 5.82. The minimum absolute atomic E-state index is 0. The van der Waals surface area contributed by atoms with E-state index in [4.69, 9.17) is 5.73 Å². The lowest BCUT2D eigenvalue weighted by Crippen LogP contribution is -2.08. The monoisotopic (exact) mass is 207 g/mol. The van der Waals surface area contributed by atoms with Crippen LogP contribution in [0.1, 0.15) is 60.3 Å². The van der Waals surface area contributed by atoms with E-state index in [0.29, 0.717) is 5.92 Å². The molecule has 0 saturated heterocycles. The normalized spacial score (nSPS) is 13.3. The zero-order valence-corrected chi connectivity index (χ0v) is 10.7. The van der Waals surface area contributed by atoms with E-state index in [9.17, 15) is 0 Å². The van der Waals surface area contributed by atoms with Gasteiger partial charge in [0.1, 0.15) is 0 Å². The Morgan fingerprint density at radius 1 is 0.929 bits per heavy atom. The maximum atomic E-state index is 5.28. The maximum absolute atomic E-state index is 5.28. The van der Waals surface area contributed by atoms with E-state index in [2.05, 4.69) is 34.6 Å². The van der Waals surface area contributed by atoms with Gasteiger partial charge in [-0.05, 0) is 18.4 Å². The summed E-state index contributed by atoms with van der Waals surface area (Å²) in [4.78, 5) is 0. The average Bonchev–Trinajstić information content (AvgIpc) is 2.18. The molecular formula is C12H30FN. The van der Waals surface area contributed by atoms with Gasteiger partial charge in [-0.3, -0.25) is 4.70 Å². The average molecular weight is 207 g/mol. The van der Waals surface area contributed by atoms with Crippen LogP contribution in [0.3, 0.4) is 0 Å². The molecule has 0 rings (SSSR count). The Morgan fingerprint density at radius 3 is 1.43 bits per heavy atom. The first kappa shape index (κ1) is 19.5. The molecule has 1 unspecified atom stereocenters. The van der Waals surface area contributed by atoms with E-state index in [-0.39, 0.29) is 4.70 Å². The highest BCUT2D eigenvalue weighted by molar-refractivity contribution is 4.46. The Kier molecular flexibility index (Phi) is 21.4. The molecule has 0 aromatic rings. The Hall–Kier alpha value is -0.110. The number of halogens is 1. The molecule has 0 saturated carbocycles. The molecule has 0 bridgehead atoms. The van der Waals surface area contributed by atoms with Gasteiger partial charge in [-0.2, -0.15) is 0 Å². The highest BCUT2D eigenvalue weighted by Gasteiger charge is 1.92. The third-order valence-electron chi connectivity index (χ3n) is 2.58. The Balaban J connectivity index is -0.000000163. The van der Waals surface area contributed by atoms with Crippen molar-refractivity contribution in [2.45, 2.75) is 60.3 Å². The second-order valence-corrected chi connectivity index (χ2v) is 4.05. The van der Waals surface area contributed by atoms with Crippen molar-refractivity contribution in [3.63, 3.8) is 0 Å². The first-order valence-corrected chi connectivity index (χ1v) is 5.82. The van der Waals surface area contributed by atoms with E-state index in [0.717, 1.165) is 12.5 Å². The van der Waals surface area contributed by atoms with Gasteiger partial charge >= 0.3 is 0 Å². The second kappa shape index (κ2) is 15.4. The zero-order chi connectivity index (χ0) is 10.7. The minimum atomic E-state index is 0. The van der Waals surface area contributed by atoms with Crippen molar-refractivity contribution in [1.29, 1.82) is 0 Å². The zero-order valence-electron chi connectivity index (χ0n) is 10.7. The molecule has 0 aromatic carbocycles.